The molecular weight excluding hydrogens is 463 g/mol. The molecule has 34 heavy (non-hydrogen) atoms. The van der Waals surface area contributed by atoms with Gasteiger partial charge in [-0.15, -0.1) is 0 Å². The van der Waals surface area contributed by atoms with Gasteiger partial charge in [-0.2, -0.15) is 0 Å². The van der Waals surface area contributed by atoms with Crippen molar-refractivity contribution in [3.63, 3.8) is 0 Å². The lowest BCUT2D eigenvalue weighted by molar-refractivity contribution is -0.142. The molecule has 0 unspecified atom stereocenters. The van der Waals surface area contributed by atoms with E-state index in [9.17, 15) is 27.5 Å². The van der Waals surface area contributed by atoms with Crippen molar-refractivity contribution in [3.05, 3.63) is 71.7 Å². The number of carboxylic acid groups (broad SMARTS) is 1. The molecule has 3 N–H and O–H groups in total. The molecule has 0 fully saturated rings. The molecule has 3 rings (SSSR count). The third kappa shape index (κ3) is 5.70. The number of aliphatic hydroxyl groups is 1. The van der Waals surface area contributed by atoms with Gasteiger partial charge in [0.1, 0.15) is 11.9 Å². The SMILES string of the molecule is Cc1c(CC(=O)N[C@H](CCO)C(=O)O)cc(-c2ccc(S(C)(=O)=O)cc2)n1-c1ccc(F)cc1. The van der Waals surface area contributed by atoms with Crippen LogP contribution in [0.3, 0.4) is 0 Å². The summed E-state index contributed by atoms with van der Waals surface area (Å²) >= 11 is 0. The van der Waals surface area contributed by atoms with Crippen LogP contribution in [0.15, 0.2) is 59.5 Å². The molecule has 180 valence electrons. The highest BCUT2D eigenvalue weighted by atomic mass is 32.2. The third-order valence-corrected chi connectivity index (χ3v) is 6.55. The van der Waals surface area contributed by atoms with Gasteiger partial charge in [0.25, 0.3) is 0 Å². The zero-order valence-corrected chi connectivity index (χ0v) is 19.5. The molecule has 8 nitrogen and oxygen atoms in total. The summed E-state index contributed by atoms with van der Waals surface area (Å²) in [6.45, 7) is 1.40. The highest BCUT2D eigenvalue weighted by Crippen LogP contribution is 2.30. The van der Waals surface area contributed by atoms with E-state index in [1.807, 2.05) is 4.57 Å². The standard InChI is InChI=1S/C24H25FN2O6S/c1-15-17(14-23(29)26-21(11-12-28)24(30)31)13-22(27(15)19-7-5-18(25)6-8-19)16-3-9-20(10-4-16)34(2,32)33/h3-10,13,21,28H,11-12,14H2,1-2H3,(H,26,29)(H,30,31)/t21-/m1/s1. The lowest BCUT2D eigenvalue weighted by Gasteiger charge is -2.14. The quantitative estimate of drug-likeness (QED) is 0.425. The molecule has 0 spiro atoms. The number of carbonyl (C=O) groups excluding carboxylic acids is 1. The number of aliphatic carboxylic acids is 1. The van der Waals surface area contributed by atoms with Crippen molar-refractivity contribution >= 4 is 21.7 Å². The van der Waals surface area contributed by atoms with Gasteiger partial charge in [-0.25, -0.2) is 17.6 Å². The van der Waals surface area contributed by atoms with Crippen LogP contribution in [-0.2, 0) is 25.8 Å². The molecule has 0 saturated carbocycles. The van der Waals surface area contributed by atoms with Gasteiger partial charge >= 0.3 is 5.97 Å². The molecule has 0 aliphatic carbocycles. The topological polar surface area (TPSA) is 126 Å². The van der Waals surface area contributed by atoms with Crippen molar-refractivity contribution in [2.75, 3.05) is 12.9 Å². The maximum Gasteiger partial charge on any atom is 0.326 e. The van der Waals surface area contributed by atoms with E-state index in [0.29, 0.717) is 28.2 Å². The van der Waals surface area contributed by atoms with Crippen molar-refractivity contribution < 1.29 is 32.6 Å². The summed E-state index contributed by atoms with van der Waals surface area (Å²) in [5.74, 6) is -2.18. The molecule has 1 amide bonds. The number of hydrogen-bond donors (Lipinski definition) is 3. The van der Waals surface area contributed by atoms with E-state index in [1.165, 1.54) is 24.3 Å². The number of aliphatic hydroxyl groups excluding tert-OH is 1. The Kier molecular flexibility index (Phi) is 7.53. The van der Waals surface area contributed by atoms with Crippen LogP contribution in [-0.4, -0.2) is 54.0 Å². The van der Waals surface area contributed by atoms with E-state index in [-0.39, 0.29) is 24.3 Å². The second-order valence-electron chi connectivity index (χ2n) is 7.90. The average Bonchev–Trinajstić information content (AvgIpc) is 3.09. The molecule has 1 aromatic heterocycles. The normalized spacial score (nSPS) is 12.4. The van der Waals surface area contributed by atoms with Gasteiger partial charge in [-0.3, -0.25) is 4.79 Å². The van der Waals surface area contributed by atoms with Crippen LogP contribution in [0.1, 0.15) is 17.7 Å². The fraction of sp³-hybridized carbons (Fsp3) is 0.250. The molecule has 2 aromatic carbocycles. The largest absolute Gasteiger partial charge is 0.480 e. The van der Waals surface area contributed by atoms with Gasteiger partial charge < -0.3 is 20.1 Å². The fourth-order valence-electron chi connectivity index (χ4n) is 3.65. The first-order chi connectivity index (χ1) is 16.0. The lowest BCUT2D eigenvalue weighted by atomic mass is 10.1. The number of carbonyl (C=O) groups is 2. The van der Waals surface area contributed by atoms with Crippen molar-refractivity contribution in [2.24, 2.45) is 0 Å². The number of benzene rings is 2. The Morgan fingerprint density at radius 2 is 1.71 bits per heavy atom. The van der Waals surface area contributed by atoms with Gasteiger partial charge in [0.05, 0.1) is 17.0 Å². The second-order valence-corrected chi connectivity index (χ2v) is 9.91. The first-order valence-corrected chi connectivity index (χ1v) is 12.3. The van der Waals surface area contributed by atoms with Crippen molar-refractivity contribution in [1.82, 2.24) is 9.88 Å². The van der Waals surface area contributed by atoms with Crippen molar-refractivity contribution in [1.29, 1.82) is 0 Å². The summed E-state index contributed by atoms with van der Waals surface area (Å²) in [6, 6.07) is 12.6. The molecule has 0 bridgehead atoms. The maximum atomic E-state index is 13.5. The molecule has 0 aliphatic rings. The molecule has 0 radical (unpaired) electrons. The second kappa shape index (κ2) is 10.2. The van der Waals surface area contributed by atoms with Gasteiger partial charge in [0.15, 0.2) is 9.84 Å². The Morgan fingerprint density at radius 1 is 1.09 bits per heavy atom. The van der Waals surface area contributed by atoms with E-state index in [1.54, 1.807) is 37.3 Å². The van der Waals surface area contributed by atoms with Gasteiger partial charge in [0, 0.05) is 30.7 Å². The van der Waals surface area contributed by atoms with Gasteiger partial charge in [-0.1, -0.05) is 12.1 Å². The van der Waals surface area contributed by atoms with Crippen LogP contribution in [0.2, 0.25) is 0 Å². The smallest absolute Gasteiger partial charge is 0.326 e. The van der Waals surface area contributed by atoms with Crippen LogP contribution in [0.25, 0.3) is 16.9 Å². The average molecular weight is 489 g/mol. The summed E-state index contributed by atoms with van der Waals surface area (Å²) in [5, 5.41) is 20.7. The number of halogens is 1. The molecule has 10 heteroatoms. The highest BCUT2D eigenvalue weighted by molar-refractivity contribution is 7.90. The summed E-state index contributed by atoms with van der Waals surface area (Å²) < 4.78 is 39.0. The lowest BCUT2D eigenvalue weighted by Crippen LogP contribution is -2.42. The minimum atomic E-state index is -3.38. The van der Waals surface area contributed by atoms with E-state index in [0.717, 1.165) is 6.26 Å². The summed E-state index contributed by atoms with van der Waals surface area (Å²) in [5.41, 5.74) is 3.25. The Morgan fingerprint density at radius 3 is 2.24 bits per heavy atom. The highest BCUT2D eigenvalue weighted by Gasteiger charge is 2.22. The van der Waals surface area contributed by atoms with E-state index in [4.69, 9.17) is 5.11 Å². The minimum Gasteiger partial charge on any atom is -0.480 e. The Balaban J connectivity index is 2.03. The monoisotopic (exact) mass is 488 g/mol. The van der Waals surface area contributed by atoms with Crippen LogP contribution < -0.4 is 5.32 Å². The number of amides is 1. The number of nitrogens with one attached hydrogen (secondary N) is 1. The van der Waals surface area contributed by atoms with E-state index in [2.05, 4.69) is 5.32 Å². The van der Waals surface area contributed by atoms with Crippen LogP contribution in [0.5, 0.6) is 0 Å². The molecule has 1 atom stereocenters. The van der Waals surface area contributed by atoms with Crippen molar-refractivity contribution in [2.45, 2.75) is 30.7 Å². The van der Waals surface area contributed by atoms with Gasteiger partial charge in [0.2, 0.25) is 5.91 Å². The molecular formula is C24H25FN2O6S. The van der Waals surface area contributed by atoms with Crippen molar-refractivity contribution in [3.8, 4) is 16.9 Å². The minimum absolute atomic E-state index is 0.116. The fourth-order valence-corrected chi connectivity index (χ4v) is 4.28. The number of hydrogen-bond acceptors (Lipinski definition) is 5. The summed E-state index contributed by atoms with van der Waals surface area (Å²) in [4.78, 5) is 24.0. The number of sulfone groups is 1. The maximum absolute atomic E-state index is 13.5. The van der Waals surface area contributed by atoms with Crippen LogP contribution in [0.4, 0.5) is 4.39 Å². The summed E-state index contributed by atoms with van der Waals surface area (Å²) in [6.07, 6.45) is 0.878. The van der Waals surface area contributed by atoms with Gasteiger partial charge in [-0.05, 0) is 60.5 Å². The van der Waals surface area contributed by atoms with Crippen LogP contribution >= 0.6 is 0 Å². The predicted octanol–water partition coefficient (Wildman–Crippen LogP) is 2.49. The number of nitrogens with zero attached hydrogens (tertiary/aromatic N) is 1. The molecule has 1 heterocycles. The molecule has 3 aromatic rings. The Hall–Kier alpha value is -3.50. The number of rotatable bonds is 9. The van der Waals surface area contributed by atoms with Crippen LogP contribution in [0, 0.1) is 12.7 Å². The first kappa shape index (κ1) is 25.1. The molecule has 0 saturated heterocycles. The zero-order chi connectivity index (χ0) is 25.0. The zero-order valence-electron chi connectivity index (χ0n) is 18.7. The molecule has 0 aliphatic heterocycles. The number of carboxylic acids is 1. The summed E-state index contributed by atoms with van der Waals surface area (Å²) in [7, 11) is -3.38. The Labute approximate surface area is 196 Å². The Bertz CT molecular complexity index is 1300. The van der Waals surface area contributed by atoms with E-state index < -0.39 is 33.6 Å². The first-order valence-electron chi connectivity index (χ1n) is 10.4. The number of aromatic nitrogens is 1. The predicted molar refractivity (Wildman–Crippen MR) is 124 cm³/mol. The van der Waals surface area contributed by atoms with E-state index >= 15 is 0 Å². The third-order valence-electron chi connectivity index (χ3n) is 5.42.